The van der Waals surface area contributed by atoms with Crippen LogP contribution in [0.25, 0.3) is 6.08 Å². The third-order valence-corrected chi connectivity index (χ3v) is 4.10. The number of halogens is 3. The first-order valence-electron chi connectivity index (χ1n) is 6.79. The molecule has 0 bridgehead atoms. The number of carbonyl (C=O) groups is 1. The first-order valence-corrected chi connectivity index (χ1v) is 7.93. The van der Waals surface area contributed by atoms with Crippen LogP contribution in [0.4, 0.5) is 0 Å². The third kappa shape index (κ3) is 3.41. The summed E-state index contributed by atoms with van der Waals surface area (Å²) < 4.78 is 10.3. The summed E-state index contributed by atoms with van der Waals surface area (Å²) in [4.78, 5) is 16.2. The number of esters is 1. The molecule has 0 saturated carbocycles. The lowest BCUT2D eigenvalue weighted by molar-refractivity contribution is -0.129. The van der Waals surface area contributed by atoms with E-state index < -0.39 is 5.97 Å². The van der Waals surface area contributed by atoms with E-state index in [9.17, 15) is 4.79 Å². The van der Waals surface area contributed by atoms with Gasteiger partial charge in [0.2, 0.25) is 5.90 Å². The fraction of sp³-hybridized carbons (Fsp3) is 0.0588. The van der Waals surface area contributed by atoms with Crippen LogP contribution in [-0.2, 0) is 9.53 Å². The minimum atomic E-state index is -0.567. The van der Waals surface area contributed by atoms with Crippen molar-refractivity contribution in [3.8, 4) is 5.75 Å². The van der Waals surface area contributed by atoms with Gasteiger partial charge in [-0.2, -0.15) is 0 Å². The lowest BCUT2D eigenvalue weighted by Gasteiger charge is -2.03. The second-order valence-electron chi connectivity index (χ2n) is 4.85. The number of nitrogens with zero attached hydrogens (tertiary/aromatic N) is 1. The van der Waals surface area contributed by atoms with Crippen LogP contribution in [0.15, 0.2) is 47.1 Å². The van der Waals surface area contributed by atoms with Gasteiger partial charge in [-0.3, -0.25) is 0 Å². The van der Waals surface area contributed by atoms with E-state index in [0.29, 0.717) is 31.9 Å². The van der Waals surface area contributed by atoms with Gasteiger partial charge in [-0.15, -0.1) is 0 Å². The summed E-state index contributed by atoms with van der Waals surface area (Å²) in [5, 5.41) is 1.27. The Morgan fingerprint density at radius 3 is 2.54 bits per heavy atom. The Morgan fingerprint density at radius 1 is 1.08 bits per heavy atom. The predicted octanol–water partition coefficient (Wildman–Crippen LogP) is 5.00. The average Bonchev–Trinajstić information content (AvgIpc) is 2.88. The molecule has 7 heteroatoms. The zero-order chi connectivity index (χ0) is 17.3. The molecule has 0 aromatic heterocycles. The van der Waals surface area contributed by atoms with Crippen LogP contribution in [0, 0.1) is 0 Å². The molecule has 1 aliphatic heterocycles. The van der Waals surface area contributed by atoms with Crippen molar-refractivity contribution >= 4 is 52.7 Å². The smallest absolute Gasteiger partial charge is 0.363 e. The molecule has 4 nitrogen and oxygen atoms in total. The highest BCUT2D eigenvalue weighted by molar-refractivity contribution is 6.37. The normalized spacial score (nSPS) is 15.4. The largest absolute Gasteiger partial charge is 0.495 e. The number of ether oxygens (including phenoxy) is 2. The van der Waals surface area contributed by atoms with Gasteiger partial charge < -0.3 is 9.47 Å². The maximum absolute atomic E-state index is 12.0. The second kappa shape index (κ2) is 6.85. The fourth-order valence-corrected chi connectivity index (χ4v) is 2.87. The van der Waals surface area contributed by atoms with Gasteiger partial charge in [-0.1, -0.05) is 40.9 Å². The summed E-state index contributed by atoms with van der Waals surface area (Å²) >= 11 is 18.0. The highest BCUT2D eigenvalue weighted by Crippen LogP contribution is 2.28. The molecule has 3 rings (SSSR count). The van der Waals surface area contributed by atoms with E-state index in [1.807, 2.05) is 0 Å². The molecule has 24 heavy (non-hydrogen) atoms. The third-order valence-electron chi connectivity index (χ3n) is 3.26. The Hall–Kier alpha value is -2.01. The van der Waals surface area contributed by atoms with Gasteiger partial charge in [0.25, 0.3) is 0 Å². The molecule has 2 aromatic rings. The molecule has 0 saturated heterocycles. The van der Waals surface area contributed by atoms with E-state index in [1.54, 1.807) is 42.5 Å². The van der Waals surface area contributed by atoms with Crippen LogP contribution >= 0.6 is 34.8 Å². The molecule has 0 unspecified atom stereocenters. The summed E-state index contributed by atoms with van der Waals surface area (Å²) in [6.07, 6.45) is 1.57. The Morgan fingerprint density at radius 2 is 1.88 bits per heavy atom. The number of hydrogen-bond donors (Lipinski definition) is 0. The minimum Gasteiger partial charge on any atom is -0.495 e. The Balaban J connectivity index is 1.95. The zero-order valence-electron chi connectivity index (χ0n) is 12.3. The van der Waals surface area contributed by atoms with Crippen molar-refractivity contribution in [2.24, 2.45) is 4.99 Å². The molecule has 0 atom stereocenters. The lowest BCUT2D eigenvalue weighted by atomic mass is 10.2. The average molecular weight is 383 g/mol. The molecule has 1 heterocycles. The molecule has 0 radical (unpaired) electrons. The number of rotatable bonds is 3. The Labute approximate surface area is 153 Å². The number of methoxy groups -OCH3 is 1. The van der Waals surface area contributed by atoms with Crippen molar-refractivity contribution in [1.29, 1.82) is 0 Å². The van der Waals surface area contributed by atoms with Crippen LogP contribution < -0.4 is 4.74 Å². The fourth-order valence-electron chi connectivity index (χ4n) is 2.12. The van der Waals surface area contributed by atoms with Gasteiger partial charge in [0.1, 0.15) is 5.75 Å². The van der Waals surface area contributed by atoms with Crippen molar-refractivity contribution < 1.29 is 14.3 Å². The van der Waals surface area contributed by atoms with Gasteiger partial charge in [-0.25, -0.2) is 9.79 Å². The standard InChI is InChI=1S/C17H10Cl3NO3/c1-23-15-5-2-9(6-13(15)20)7-14-17(22)24-16(21-14)11-4-3-10(18)8-12(11)19/h2-8H,1H3/b14-7-. The quantitative estimate of drug-likeness (QED) is 0.554. The van der Waals surface area contributed by atoms with Crippen LogP contribution in [0.3, 0.4) is 0 Å². The molecule has 0 N–H and O–H groups in total. The van der Waals surface area contributed by atoms with Crippen molar-refractivity contribution in [1.82, 2.24) is 0 Å². The summed E-state index contributed by atoms with van der Waals surface area (Å²) in [6.45, 7) is 0. The Bertz CT molecular complexity index is 891. The van der Waals surface area contributed by atoms with E-state index in [-0.39, 0.29) is 11.6 Å². The summed E-state index contributed by atoms with van der Waals surface area (Å²) in [7, 11) is 1.53. The van der Waals surface area contributed by atoms with E-state index in [4.69, 9.17) is 44.3 Å². The maximum Gasteiger partial charge on any atom is 0.363 e. The van der Waals surface area contributed by atoms with Gasteiger partial charge in [0.05, 0.1) is 22.7 Å². The first kappa shape index (κ1) is 16.8. The predicted molar refractivity (Wildman–Crippen MR) is 95.1 cm³/mol. The molecule has 2 aromatic carbocycles. The van der Waals surface area contributed by atoms with Crippen molar-refractivity contribution in [3.05, 3.63) is 68.3 Å². The molecule has 122 valence electrons. The highest BCUT2D eigenvalue weighted by atomic mass is 35.5. The summed E-state index contributed by atoms with van der Waals surface area (Å²) in [5.74, 6) is 0.112. The summed E-state index contributed by atoms with van der Waals surface area (Å²) in [5.41, 5.74) is 1.34. The minimum absolute atomic E-state index is 0.132. The number of benzene rings is 2. The van der Waals surface area contributed by atoms with Crippen LogP contribution in [-0.4, -0.2) is 19.0 Å². The van der Waals surface area contributed by atoms with Crippen molar-refractivity contribution in [2.45, 2.75) is 0 Å². The van der Waals surface area contributed by atoms with Gasteiger partial charge >= 0.3 is 5.97 Å². The topological polar surface area (TPSA) is 47.9 Å². The van der Waals surface area contributed by atoms with E-state index in [2.05, 4.69) is 4.99 Å². The van der Waals surface area contributed by atoms with Crippen LogP contribution in [0.5, 0.6) is 5.75 Å². The van der Waals surface area contributed by atoms with E-state index in [0.717, 1.165) is 0 Å². The van der Waals surface area contributed by atoms with Crippen molar-refractivity contribution in [2.75, 3.05) is 7.11 Å². The number of carbonyl (C=O) groups excluding carboxylic acids is 1. The monoisotopic (exact) mass is 381 g/mol. The van der Waals surface area contributed by atoms with Crippen LogP contribution in [0.1, 0.15) is 11.1 Å². The molecule has 0 aliphatic carbocycles. The summed E-state index contributed by atoms with van der Waals surface area (Å²) in [6, 6.07) is 9.97. The molecular weight excluding hydrogens is 373 g/mol. The molecule has 0 amide bonds. The first-order chi connectivity index (χ1) is 11.5. The van der Waals surface area contributed by atoms with Crippen molar-refractivity contribution in [3.63, 3.8) is 0 Å². The molecule has 0 fully saturated rings. The SMILES string of the molecule is COc1ccc(/C=C2\N=C(c3ccc(Cl)cc3Cl)OC2=O)cc1Cl. The van der Waals surface area contributed by atoms with Gasteiger partial charge in [0.15, 0.2) is 5.70 Å². The number of hydrogen-bond acceptors (Lipinski definition) is 4. The van der Waals surface area contributed by atoms with Gasteiger partial charge in [-0.05, 0) is 42.0 Å². The lowest BCUT2D eigenvalue weighted by Crippen LogP contribution is -2.05. The molecular formula is C17H10Cl3NO3. The number of cyclic esters (lactones) is 1. The van der Waals surface area contributed by atoms with E-state index in [1.165, 1.54) is 7.11 Å². The zero-order valence-corrected chi connectivity index (χ0v) is 14.6. The Kier molecular flexibility index (Phi) is 4.81. The second-order valence-corrected chi connectivity index (χ2v) is 6.11. The molecule has 0 spiro atoms. The van der Waals surface area contributed by atoms with Crippen LogP contribution in [0.2, 0.25) is 15.1 Å². The number of aliphatic imine (C=N–C) groups is 1. The molecule has 1 aliphatic rings. The van der Waals surface area contributed by atoms with Gasteiger partial charge in [0, 0.05) is 5.02 Å². The highest BCUT2D eigenvalue weighted by Gasteiger charge is 2.25. The van der Waals surface area contributed by atoms with E-state index >= 15 is 0 Å². The maximum atomic E-state index is 12.0.